The van der Waals surface area contributed by atoms with Crippen LogP contribution in [0.25, 0.3) is 0 Å². The normalized spacial score (nSPS) is 12.6. The second-order valence-corrected chi connectivity index (χ2v) is 6.06. The summed E-state index contributed by atoms with van der Waals surface area (Å²) in [5.74, 6) is 0.0236. The summed E-state index contributed by atoms with van der Waals surface area (Å²) >= 11 is 0. The molecular weight excluding hydrogens is 228 g/mol. The lowest BCUT2D eigenvalue weighted by Gasteiger charge is -2.19. The van der Waals surface area contributed by atoms with Crippen molar-refractivity contribution in [3.63, 3.8) is 0 Å². The van der Waals surface area contributed by atoms with Crippen LogP contribution in [0, 0.1) is 0 Å². The Bertz CT molecular complexity index is 489. The molecule has 1 aromatic heterocycles. The number of hydrogen-bond acceptors (Lipinski definition) is 4. The smallest absolute Gasteiger partial charge is 0.243 e. The second kappa shape index (κ2) is 4.03. The molecule has 0 spiro atoms. The monoisotopic (exact) mass is 244 g/mol. The second-order valence-electron chi connectivity index (χ2n) is 4.53. The summed E-state index contributed by atoms with van der Waals surface area (Å²) in [7, 11) is -2.46. The van der Waals surface area contributed by atoms with Crippen LogP contribution in [0.5, 0.6) is 5.88 Å². The molecule has 0 aromatic carbocycles. The molecule has 0 saturated carbocycles. The highest BCUT2D eigenvalue weighted by molar-refractivity contribution is 7.89. The Kier molecular flexibility index (Phi) is 3.25. The molecule has 0 unspecified atom stereocenters. The van der Waals surface area contributed by atoms with Crippen LogP contribution in [0.4, 0.5) is 0 Å². The topological polar surface area (TPSA) is 82.3 Å². The van der Waals surface area contributed by atoms with Crippen molar-refractivity contribution < 1.29 is 13.2 Å². The number of rotatable bonds is 2. The zero-order valence-corrected chi connectivity index (χ0v) is 10.6. The number of aromatic nitrogens is 1. The van der Waals surface area contributed by atoms with Crippen LogP contribution in [-0.4, -0.2) is 20.5 Å². The molecule has 1 rings (SSSR count). The Labute approximate surface area is 95.7 Å². The Hall–Kier alpha value is -1.14. The van der Waals surface area contributed by atoms with Crippen LogP contribution in [0.15, 0.2) is 17.2 Å². The molecule has 0 aliphatic heterocycles. The highest BCUT2D eigenvalue weighted by Gasteiger charge is 2.21. The van der Waals surface area contributed by atoms with Crippen molar-refractivity contribution in [1.82, 2.24) is 4.98 Å². The van der Waals surface area contributed by atoms with E-state index in [1.807, 2.05) is 20.8 Å². The molecule has 16 heavy (non-hydrogen) atoms. The zero-order chi connectivity index (χ0) is 12.6. The molecular formula is C10H16N2O3S. The fourth-order valence-electron chi connectivity index (χ4n) is 1.20. The van der Waals surface area contributed by atoms with Gasteiger partial charge in [-0.1, -0.05) is 20.8 Å². The fourth-order valence-corrected chi connectivity index (χ4v) is 1.87. The van der Waals surface area contributed by atoms with Gasteiger partial charge in [-0.05, 0) is 17.0 Å². The van der Waals surface area contributed by atoms with Crippen molar-refractivity contribution in [2.45, 2.75) is 31.1 Å². The summed E-state index contributed by atoms with van der Waals surface area (Å²) in [6.45, 7) is 5.89. The third-order valence-electron chi connectivity index (χ3n) is 2.18. The molecule has 0 atom stereocenters. The van der Waals surface area contributed by atoms with E-state index >= 15 is 0 Å². The number of methoxy groups -OCH3 is 1. The fraction of sp³-hybridized carbons (Fsp3) is 0.500. The maximum atomic E-state index is 11.3. The molecule has 0 saturated heterocycles. The number of pyridine rings is 1. The van der Waals surface area contributed by atoms with E-state index in [0.29, 0.717) is 0 Å². The first-order chi connectivity index (χ1) is 7.16. The van der Waals surface area contributed by atoms with Crippen LogP contribution in [-0.2, 0) is 15.4 Å². The van der Waals surface area contributed by atoms with E-state index in [2.05, 4.69) is 4.98 Å². The summed E-state index contributed by atoms with van der Waals surface area (Å²) in [5, 5.41) is 5.10. The largest absolute Gasteiger partial charge is 0.480 e. The number of nitrogens with zero attached hydrogens (tertiary/aromatic N) is 1. The molecule has 2 N–H and O–H groups in total. The maximum Gasteiger partial charge on any atom is 0.243 e. The van der Waals surface area contributed by atoms with E-state index in [1.54, 1.807) is 6.20 Å². The highest BCUT2D eigenvalue weighted by atomic mass is 32.2. The van der Waals surface area contributed by atoms with E-state index in [4.69, 9.17) is 9.88 Å². The highest BCUT2D eigenvalue weighted by Crippen LogP contribution is 2.27. The predicted molar refractivity (Wildman–Crippen MR) is 60.9 cm³/mol. The van der Waals surface area contributed by atoms with E-state index in [1.165, 1.54) is 13.2 Å². The molecule has 0 amide bonds. The lowest BCUT2D eigenvalue weighted by molar-refractivity contribution is 0.383. The molecule has 0 aliphatic rings. The van der Waals surface area contributed by atoms with Crippen molar-refractivity contribution in [3.05, 3.63) is 17.8 Å². The number of ether oxygens (including phenoxy) is 1. The van der Waals surface area contributed by atoms with Gasteiger partial charge in [0.05, 0.1) is 7.11 Å². The minimum absolute atomic E-state index is 0.0236. The van der Waals surface area contributed by atoms with E-state index < -0.39 is 10.0 Å². The summed E-state index contributed by atoms with van der Waals surface area (Å²) in [4.78, 5) is 3.87. The van der Waals surface area contributed by atoms with E-state index in [9.17, 15) is 8.42 Å². The van der Waals surface area contributed by atoms with Gasteiger partial charge in [0.1, 0.15) is 4.90 Å². The Morgan fingerprint density at radius 1 is 1.38 bits per heavy atom. The van der Waals surface area contributed by atoms with E-state index in [0.717, 1.165) is 5.56 Å². The number of sulfonamides is 1. The van der Waals surface area contributed by atoms with Crippen LogP contribution in [0.2, 0.25) is 0 Å². The van der Waals surface area contributed by atoms with Gasteiger partial charge < -0.3 is 4.74 Å². The van der Waals surface area contributed by atoms with Gasteiger partial charge in [-0.15, -0.1) is 0 Å². The van der Waals surface area contributed by atoms with Crippen LogP contribution in [0.1, 0.15) is 26.3 Å². The van der Waals surface area contributed by atoms with Gasteiger partial charge in [-0.2, -0.15) is 0 Å². The van der Waals surface area contributed by atoms with E-state index in [-0.39, 0.29) is 16.2 Å². The summed E-state index contributed by atoms with van der Waals surface area (Å²) in [6.07, 6.45) is 1.59. The molecule has 0 fully saturated rings. The number of nitrogens with two attached hydrogens (primary N) is 1. The lowest BCUT2D eigenvalue weighted by Crippen LogP contribution is -2.17. The Morgan fingerprint density at radius 3 is 2.31 bits per heavy atom. The Balaban J connectivity index is 3.46. The van der Waals surface area contributed by atoms with Gasteiger partial charge in [0.25, 0.3) is 0 Å². The quantitative estimate of drug-likeness (QED) is 0.842. The number of hydrogen-bond donors (Lipinski definition) is 1. The third kappa shape index (κ3) is 2.70. The van der Waals surface area contributed by atoms with Gasteiger partial charge in [0.15, 0.2) is 0 Å². The average Bonchev–Trinajstić information content (AvgIpc) is 2.14. The summed E-state index contributed by atoms with van der Waals surface area (Å²) in [5.41, 5.74) is 0.593. The van der Waals surface area contributed by atoms with Gasteiger partial charge in [0.2, 0.25) is 15.9 Å². The molecule has 0 radical (unpaired) electrons. The van der Waals surface area contributed by atoms with Crippen molar-refractivity contribution >= 4 is 10.0 Å². The first kappa shape index (κ1) is 12.9. The zero-order valence-electron chi connectivity index (χ0n) is 9.81. The first-order valence-corrected chi connectivity index (χ1v) is 6.28. The van der Waals surface area contributed by atoms with Gasteiger partial charge >= 0.3 is 0 Å². The van der Waals surface area contributed by atoms with Crippen molar-refractivity contribution in [3.8, 4) is 5.88 Å². The minimum Gasteiger partial charge on any atom is -0.480 e. The van der Waals surface area contributed by atoms with Gasteiger partial charge in [-0.3, -0.25) is 0 Å². The Morgan fingerprint density at radius 2 is 1.94 bits per heavy atom. The van der Waals surface area contributed by atoms with Crippen molar-refractivity contribution in [2.75, 3.05) is 7.11 Å². The van der Waals surface area contributed by atoms with Crippen molar-refractivity contribution in [2.24, 2.45) is 5.14 Å². The summed E-state index contributed by atoms with van der Waals surface area (Å²) < 4.78 is 27.6. The maximum absolute atomic E-state index is 11.3. The molecule has 0 bridgehead atoms. The summed E-state index contributed by atoms with van der Waals surface area (Å²) in [6, 6.07) is 1.50. The van der Waals surface area contributed by atoms with Crippen LogP contribution >= 0.6 is 0 Å². The van der Waals surface area contributed by atoms with Crippen LogP contribution in [0.3, 0.4) is 0 Å². The van der Waals surface area contributed by atoms with Gasteiger partial charge in [0, 0.05) is 6.20 Å². The average molecular weight is 244 g/mol. The molecule has 0 aliphatic carbocycles. The molecule has 90 valence electrons. The lowest BCUT2D eigenvalue weighted by atomic mass is 9.88. The number of primary sulfonamides is 1. The van der Waals surface area contributed by atoms with Crippen LogP contribution < -0.4 is 9.88 Å². The first-order valence-electron chi connectivity index (χ1n) is 4.73. The minimum atomic E-state index is -3.82. The standard InChI is InChI=1S/C10H16N2O3S/c1-10(2,3)7-5-8(16(11,13)14)9(15-4)12-6-7/h5-6H,1-4H3,(H2,11,13,14). The SMILES string of the molecule is COc1ncc(C(C)(C)C)cc1S(N)(=O)=O. The molecule has 5 nitrogen and oxygen atoms in total. The van der Waals surface area contributed by atoms with Crippen molar-refractivity contribution in [1.29, 1.82) is 0 Å². The third-order valence-corrected chi connectivity index (χ3v) is 3.09. The molecule has 6 heteroatoms. The molecule has 1 heterocycles. The van der Waals surface area contributed by atoms with Gasteiger partial charge in [-0.25, -0.2) is 18.5 Å². The predicted octanol–water partition coefficient (Wildman–Crippen LogP) is 1.04. The molecule has 1 aromatic rings.